The summed E-state index contributed by atoms with van der Waals surface area (Å²) < 4.78 is 5.33. The van der Waals surface area contributed by atoms with Gasteiger partial charge in [0.2, 0.25) is 0 Å². The van der Waals surface area contributed by atoms with E-state index in [4.69, 9.17) is 4.74 Å². The van der Waals surface area contributed by atoms with Crippen LogP contribution in [0.5, 0.6) is 0 Å². The molecule has 3 aromatic rings. The van der Waals surface area contributed by atoms with E-state index in [0.717, 1.165) is 16.8 Å². The highest BCUT2D eigenvalue weighted by atomic mass is 16.5. The van der Waals surface area contributed by atoms with Gasteiger partial charge >= 0.3 is 5.97 Å². The number of ether oxygens (including phenoxy) is 1. The lowest BCUT2D eigenvalue weighted by atomic mass is 10.1. The van der Waals surface area contributed by atoms with Gasteiger partial charge in [-0.1, -0.05) is 48.0 Å². The standard InChI is InChI=1S/C22H19NO3/c1-16-6-5-7-19(14-16)22(25)26-15-17-10-12-18(13-11-17)21(24)23-20-8-3-2-4-9-20/h2-14H,15H2,1H3,(H,23,24). The van der Waals surface area contributed by atoms with Crippen molar-refractivity contribution in [3.05, 3.63) is 101 Å². The Balaban J connectivity index is 1.57. The van der Waals surface area contributed by atoms with Crippen LogP contribution in [0.25, 0.3) is 0 Å². The average molecular weight is 345 g/mol. The molecule has 0 unspecified atom stereocenters. The van der Waals surface area contributed by atoms with Crippen molar-refractivity contribution in [3.63, 3.8) is 0 Å². The molecule has 0 atom stereocenters. The van der Waals surface area contributed by atoms with Gasteiger partial charge in [0.15, 0.2) is 0 Å². The number of hydrogen-bond acceptors (Lipinski definition) is 3. The molecule has 0 radical (unpaired) electrons. The molecule has 4 heteroatoms. The molecule has 0 heterocycles. The number of anilines is 1. The second-order valence-electron chi connectivity index (χ2n) is 5.96. The molecule has 26 heavy (non-hydrogen) atoms. The highest BCUT2D eigenvalue weighted by Gasteiger charge is 2.09. The van der Waals surface area contributed by atoms with E-state index in [1.54, 1.807) is 36.4 Å². The van der Waals surface area contributed by atoms with Crippen molar-refractivity contribution in [1.29, 1.82) is 0 Å². The molecule has 0 fully saturated rings. The van der Waals surface area contributed by atoms with E-state index in [0.29, 0.717) is 11.1 Å². The molecule has 130 valence electrons. The molecule has 0 aliphatic carbocycles. The van der Waals surface area contributed by atoms with Crippen molar-refractivity contribution >= 4 is 17.6 Å². The van der Waals surface area contributed by atoms with E-state index < -0.39 is 0 Å². The fraction of sp³-hybridized carbons (Fsp3) is 0.0909. The minimum Gasteiger partial charge on any atom is -0.457 e. The first-order valence-electron chi connectivity index (χ1n) is 8.31. The van der Waals surface area contributed by atoms with Crippen molar-refractivity contribution in [3.8, 4) is 0 Å². The molecule has 1 amide bonds. The smallest absolute Gasteiger partial charge is 0.338 e. The van der Waals surface area contributed by atoms with Crippen LogP contribution in [0.15, 0.2) is 78.9 Å². The molecular formula is C22H19NO3. The molecule has 0 spiro atoms. The fourth-order valence-electron chi connectivity index (χ4n) is 2.48. The lowest BCUT2D eigenvalue weighted by Crippen LogP contribution is -2.12. The first kappa shape index (κ1) is 17.4. The summed E-state index contributed by atoms with van der Waals surface area (Å²) in [5.74, 6) is -0.542. The molecular weight excluding hydrogens is 326 g/mol. The maximum atomic E-state index is 12.2. The number of esters is 1. The van der Waals surface area contributed by atoms with Gasteiger partial charge < -0.3 is 10.1 Å². The van der Waals surface area contributed by atoms with Gasteiger partial charge in [-0.2, -0.15) is 0 Å². The molecule has 0 bridgehead atoms. The third kappa shape index (κ3) is 4.57. The maximum Gasteiger partial charge on any atom is 0.338 e. The summed E-state index contributed by atoms with van der Waals surface area (Å²) in [6.45, 7) is 2.09. The summed E-state index contributed by atoms with van der Waals surface area (Å²) in [5, 5.41) is 2.83. The summed E-state index contributed by atoms with van der Waals surface area (Å²) in [4.78, 5) is 24.3. The summed E-state index contributed by atoms with van der Waals surface area (Å²) >= 11 is 0. The Morgan fingerprint density at radius 2 is 1.58 bits per heavy atom. The lowest BCUT2D eigenvalue weighted by Gasteiger charge is -2.08. The first-order valence-corrected chi connectivity index (χ1v) is 8.31. The Morgan fingerprint density at radius 1 is 0.846 bits per heavy atom. The highest BCUT2D eigenvalue weighted by molar-refractivity contribution is 6.04. The number of amides is 1. The van der Waals surface area contributed by atoms with Crippen molar-refractivity contribution in [2.24, 2.45) is 0 Å². The zero-order valence-corrected chi connectivity index (χ0v) is 14.4. The third-order valence-corrected chi connectivity index (χ3v) is 3.87. The zero-order valence-electron chi connectivity index (χ0n) is 14.4. The van der Waals surface area contributed by atoms with Crippen molar-refractivity contribution in [1.82, 2.24) is 0 Å². The van der Waals surface area contributed by atoms with Gasteiger partial charge in [0.1, 0.15) is 6.61 Å². The molecule has 0 aromatic heterocycles. The molecule has 0 saturated carbocycles. The Kier molecular flexibility index (Phi) is 5.44. The minimum atomic E-state index is -0.361. The predicted molar refractivity (Wildman–Crippen MR) is 101 cm³/mol. The zero-order chi connectivity index (χ0) is 18.4. The van der Waals surface area contributed by atoms with Crippen molar-refractivity contribution in [2.75, 3.05) is 5.32 Å². The molecule has 3 aromatic carbocycles. The van der Waals surface area contributed by atoms with Crippen LogP contribution >= 0.6 is 0 Å². The number of para-hydroxylation sites is 1. The number of nitrogens with one attached hydrogen (secondary N) is 1. The minimum absolute atomic E-state index is 0.160. The SMILES string of the molecule is Cc1cccc(C(=O)OCc2ccc(C(=O)Nc3ccccc3)cc2)c1. The number of rotatable bonds is 5. The van der Waals surface area contributed by atoms with E-state index in [2.05, 4.69) is 5.32 Å². The largest absolute Gasteiger partial charge is 0.457 e. The normalized spacial score (nSPS) is 10.2. The van der Waals surface area contributed by atoms with Crippen LogP contribution in [-0.4, -0.2) is 11.9 Å². The van der Waals surface area contributed by atoms with Crippen LogP contribution in [0.4, 0.5) is 5.69 Å². The summed E-state index contributed by atoms with van der Waals surface area (Å²) in [6.07, 6.45) is 0. The third-order valence-electron chi connectivity index (χ3n) is 3.87. The first-order chi connectivity index (χ1) is 12.6. The monoisotopic (exact) mass is 345 g/mol. The van der Waals surface area contributed by atoms with Gasteiger partial charge in [0, 0.05) is 11.3 Å². The Hall–Kier alpha value is -3.40. The Morgan fingerprint density at radius 3 is 2.27 bits per heavy atom. The van der Waals surface area contributed by atoms with Crippen LogP contribution in [0.1, 0.15) is 31.8 Å². The van der Waals surface area contributed by atoms with Gasteiger partial charge in [-0.05, 0) is 48.9 Å². The van der Waals surface area contributed by atoms with E-state index in [-0.39, 0.29) is 18.5 Å². The molecule has 0 aliphatic rings. The second kappa shape index (κ2) is 8.12. The quantitative estimate of drug-likeness (QED) is 0.687. The van der Waals surface area contributed by atoms with Crippen LogP contribution < -0.4 is 5.32 Å². The van der Waals surface area contributed by atoms with Crippen LogP contribution in [0.3, 0.4) is 0 Å². The topological polar surface area (TPSA) is 55.4 Å². The Labute approximate surface area is 152 Å². The summed E-state index contributed by atoms with van der Waals surface area (Å²) in [7, 11) is 0. The maximum absolute atomic E-state index is 12.2. The van der Waals surface area contributed by atoms with Crippen molar-refractivity contribution < 1.29 is 14.3 Å². The Bertz CT molecular complexity index is 902. The average Bonchev–Trinajstić information content (AvgIpc) is 2.67. The fourth-order valence-corrected chi connectivity index (χ4v) is 2.48. The van der Waals surface area contributed by atoms with Crippen LogP contribution in [0.2, 0.25) is 0 Å². The number of benzene rings is 3. The lowest BCUT2D eigenvalue weighted by molar-refractivity contribution is 0.0472. The second-order valence-corrected chi connectivity index (χ2v) is 5.96. The predicted octanol–water partition coefficient (Wildman–Crippen LogP) is 4.60. The summed E-state index contributed by atoms with van der Waals surface area (Å²) in [5.41, 5.74) is 3.65. The van der Waals surface area contributed by atoms with Gasteiger partial charge in [0.05, 0.1) is 5.56 Å². The highest BCUT2D eigenvalue weighted by Crippen LogP contribution is 2.12. The molecule has 1 N–H and O–H groups in total. The van der Waals surface area contributed by atoms with E-state index in [1.165, 1.54) is 0 Å². The van der Waals surface area contributed by atoms with E-state index in [1.807, 2.05) is 49.4 Å². The van der Waals surface area contributed by atoms with E-state index >= 15 is 0 Å². The van der Waals surface area contributed by atoms with Gasteiger partial charge in [-0.25, -0.2) is 4.79 Å². The number of aryl methyl sites for hydroxylation is 1. The van der Waals surface area contributed by atoms with Crippen LogP contribution in [0, 0.1) is 6.92 Å². The molecule has 0 saturated heterocycles. The number of hydrogen-bond donors (Lipinski definition) is 1. The van der Waals surface area contributed by atoms with Crippen LogP contribution in [-0.2, 0) is 11.3 Å². The number of carbonyl (C=O) groups excluding carboxylic acids is 2. The molecule has 3 rings (SSSR count). The van der Waals surface area contributed by atoms with Crippen molar-refractivity contribution in [2.45, 2.75) is 13.5 Å². The van der Waals surface area contributed by atoms with E-state index in [9.17, 15) is 9.59 Å². The summed E-state index contributed by atoms with van der Waals surface area (Å²) in [6, 6.07) is 23.5. The van der Waals surface area contributed by atoms with Gasteiger partial charge in [0.25, 0.3) is 5.91 Å². The van der Waals surface area contributed by atoms with Gasteiger partial charge in [-0.15, -0.1) is 0 Å². The number of carbonyl (C=O) groups is 2. The molecule has 0 aliphatic heterocycles. The molecule has 4 nitrogen and oxygen atoms in total. The van der Waals surface area contributed by atoms with Gasteiger partial charge in [-0.3, -0.25) is 4.79 Å².